The van der Waals surface area contributed by atoms with Crippen molar-refractivity contribution in [2.24, 2.45) is 0 Å². The Morgan fingerprint density at radius 1 is 1.05 bits per heavy atom. The maximum atomic E-state index is 11.4. The molecule has 22 heavy (non-hydrogen) atoms. The van der Waals surface area contributed by atoms with Crippen molar-refractivity contribution in [3.63, 3.8) is 0 Å². The van der Waals surface area contributed by atoms with Gasteiger partial charge in [-0.3, -0.25) is 4.79 Å². The van der Waals surface area contributed by atoms with Crippen molar-refractivity contribution in [1.29, 1.82) is 0 Å². The first-order valence-electron chi connectivity index (χ1n) is 7.06. The number of para-hydroxylation sites is 2. The molecule has 1 amide bonds. The number of carbonyl (C=O) groups is 1. The largest absolute Gasteiger partial charge is 0.370 e. The standard InChI is InChI=1S/C10H11NO2.C7H5NS/c12-10-8-13-7-6-11(10)9-4-2-1-3-5-9;1-2-4-7-6(3-1)8-5-9-7/h1-5H,6-8H2;1-5H. The number of ether oxygens (including phenoxy) is 1. The van der Waals surface area contributed by atoms with Gasteiger partial charge in [-0.05, 0) is 24.3 Å². The van der Waals surface area contributed by atoms with E-state index < -0.39 is 0 Å². The molecule has 4 nitrogen and oxygen atoms in total. The highest BCUT2D eigenvalue weighted by atomic mass is 32.1. The molecule has 0 radical (unpaired) electrons. The van der Waals surface area contributed by atoms with Crippen LogP contribution in [0.5, 0.6) is 0 Å². The van der Waals surface area contributed by atoms with E-state index in [-0.39, 0.29) is 12.5 Å². The van der Waals surface area contributed by atoms with Crippen LogP contribution >= 0.6 is 11.3 Å². The summed E-state index contributed by atoms with van der Waals surface area (Å²) in [5, 5.41) is 0. The zero-order valence-corrected chi connectivity index (χ0v) is 12.8. The van der Waals surface area contributed by atoms with Crippen LogP contribution in [-0.4, -0.2) is 30.6 Å². The number of amides is 1. The van der Waals surface area contributed by atoms with Crippen molar-refractivity contribution in [3.05, 3.63) is 60.1 Å². The third-order valence-corrected chi connectivity index (χ3v) is 4.10. The molecule has 0 bridgehead atoms. The Morgan fingerprint density at radius 2 is 1.82 bits per heavy atom. The van der Waals surface area contributed by atoms with E-state index >= 15 is 0 Å². The number of rotatable bonds is 1. The number of hydrogen-bond acceptors (Lipinski definition) is 4. The lowest BCUT2D eigenvalue weighted by Crippen LogP contribution is -2.41. The summed E-state index contributed by atoms with van der Waals surface area (Å²) in [6, 6.07) is 17.8. The van der Waals surface area contributed by atoms with Gasteiger partial charge in [-0.1, -0.05) is 30.3 Å². The Hall–Kier alpha value is -2.24. The minimum atomic E-state index is 0.0393. The summed E-state index contributed by atoms with van der Waals surface area (Å²) >= 11 is 1.68. The Bertz CT molecular complexity index is 712. The molecule has 1 fully saturated rings. The fraction of sp³-hybridized carbons (Fsp3) is 0.176. The molecule has 2 aromatic carbocycles. The molecule has 0 unspecified atom stereocenters. The first kappa shape index (κ1) is 14.7. The minimum Gasteiger partial charge on any atom is -0.370 e. The molecule has 3 aromatic rings. The van der Waals surface area contributed by atoms with Gasteiger partial charge in [-0.25, -0.2) is 4.98 Å². The summed E-state index contributed by atoms with van der Waals surface area (Å²) < 4.78 is 6.30. The van der Waals surface area contributed by atoms with Crippen LogP contribution in [0.4, 0.5) is 5.69 Å². The highest BCUT2D eigenvalue weighted by Gasteiger charge is 2.19. The fourth-order valence-electron chi connectivity index (χ4n) is 2.20. The number of aromatic nitrogens is 1. The topological polar surface area (TPSA) is 42.4 Å². The molecule has 0 atom stereocenters. The minimum absolute atomic E-state index is 0.0393. The zero-order valence-electron chi connectivity index (χ0n) is 12.0. The second kappa shape index (κ2) is 7.15. The highest BCUT2D eigenvalue weighted by molar-refractivity contribution is 7.16. The third-order valence-electron chi connectivity index (χ3n) is 3.29. The van der Waals surface area contributed by atoms with Gasteiger partial charge in [-0.15, -0.1) is 11.3 Å². The van der Waals surface area contributed by atoms with Crippen LogP contribution in [0.2, 0.25) is 0 Å². The predicted octanol–water partition coefficient (Wildman–Crippen LogP) is 3.35. The van der Waals surface area contributed by atoms with Crippen LogP contribution in [0, 0.1) is 0 Å². The van der Waals surface area contributed by atoms with Gasteiger partial charge >= 0.3 is 0 Å². The van der Waals surface area contributed by atoms with Crippen LogP contribution in [0.25, 0.3) is 10.2 Å². The summed E-state index contributed by atoms with van der Waals surface area (Å²) in [7, 11) is 0. The molecular formula is C17H16N2O2S. The van der Waals surface area contributed by atoms with Crippen LogP contribution in [-0.2, 0) is 9.53 Å². The quantitative estimate of drug-likeness (QED) is 0.692. The number of morpholine rings is 1. The van der Waals surface area contributed by atoms with Gasteiger partial charge in [0.15, 0.2) is 0 Å². The number of fused-ring (bicyclic) bond motifs is 1. The van der Waals surface area contributed by atoms with E-state index in [2.05, 4.69) is 11.1 Å². The van der Waals surface area contributed by atoms with Gasteiger partial charge in [0.2, 0.25) is 0 Å². The van der Waals surface area contributed by atoms with Gasteiger partial charge < -0.3 is 9.64 Å². The van der Waals surface area contributed by atoms with E-state index in [9.17, 15) is 4.79 Å². The van der Waals surface area contributed by atoms with Crippen LogP contribution in [0.3, 0.4) is 0 Å². The highest BCUT2D eigenvalue weighted by Crippen LogP contribution is 2.16. The number of benzene rings is 2. The first-order chi connectivity index (χ1) is 10.8. The van der Waals surface area contributed by atoms with Gasteiger partial charge in [-0.2, -0.15) is 0 Å². The molecule has 0 saturated carbocycles. The van der Waals surface area contributed by atoms with Crippen LogP contribution < -0.4 is 4.90 Å². The Kier molecular flexibility index (Phi) is 4.78. The molecule has 0 aliphatic carbocycles. The van der Waals surface area contributed by atoms with Crippen molar-refractivity contribution >= 4 is 33.1 Å². The predicted molar refractivity (Wildman–Crippen MR) is 89.2 cm³/mol. The van der Waals surface area contributed by atoms with Gasteiger partial charge in [0, 0.05) is 12.2 Å². The molecule has 0 N–H and O–H groups in total. The fourth-order valence-corrected chi connectivity index (χ4v) is 2.88. The molecule has 1 aromatic heterocycles. The first-order valence-corrected chi connectivity index (χ1v) is 7.94. The van der Waals surface area contributed by atoms with E-state index in [4.69, 9.17) is 4.74 Å². The van der Waals surface area contributed by atoms with Crippen LogP contribution in [0.15, 0.2) is 60.1 Å². The summed E-state index contributed by atoms with van der Waals surface area (Å²) in [5.74, 6) is 0.0393. The maximum Gasteiger partial charge on any atom is 0.253 e. The van der Waals surface area contributed by atoms with Gasteiger partial charge in [0.1, 0.15) is 6.61 Å². The van der Waals surface area contributed by atoms with E-state index in [1.807, 2.05) is 54.0 Å². The number of nitrogens with zero attached hydrogens (tertiary/aromatic N) is 2. The second-order valence-corrected chi connectivity index (χ2v) is 5.64. The Balaban J connectivity index is 0.000000139. The maximum absolute atomic E-state index is 11.4. The molecule has 1 aliphatic heterocycles. The van der Waals surface area contributed by atoms with Crippen molar-refractivity contribution in [2.75, 3.05) is 24.7 Å². The number of hydrogen-bond donors (Lipinski definition) is 0. The van der Waals surface area contributed by atoms with E-state index in [1.54, 1.807) is 16.2 Å². The van der Waals surface area contributed by atoms with Gasteiger partial charge in [0.05, 0.1) is 22.3 Å². The molecule has 5 heteroatoms. The lowest BCUT2D eigenvalue weighted by Gasteiger charge is -2.26. The normalized spacial score (nSPS) is 14.5. The van der Waals surface area contributed by atoms with E-state index in [0.717, 1.165) is 11.2 Å². The van der Waals surface area contributed by atoms with E-state index in [0.29, 0.717) is 13.2 Å². The Labute approximate surface area is 133 Å². The number of anilines is 1. The summed E-state index contributed by atoms with van der Waals surface area (Å²) in [6.07, 6.45) is 0. The van der Waals surface area contributed by atoms with Gasteiger partial charge in [0.25, 0.3) is 5.91 Å². The molecular weight excluding hydrogens is 296 g/mol. The molecule has 1 saturated heterocycles. The second-order valence-electron chi connectivity index (χ2n) is 4.75. The number of thiazole rings is 1. The molecule has 0 spiro atoms. The van der Waals surface area contributed by atoms with Crippen molar-refractivity contribution in [2.45, 2.75) is 0 Å². The zero-order chi connectivity index (χ0) is 15.2. The van der Waals surface area contributed by atoms with Crippen molar-refractivity contribution < 1.29 is 9.53 Å². The third kappa shape index (κ3) is 3.50. The molecule has 4 rings (SSSR count). The van der Waals surface area contributed by atoms with Crippen LogP contribution in [0.1, 0.15) is 0 Å². The average molecular weight is 312 g/mol. The summed E-state index contributed by atoms with van der Waals surface area (Å²) in [6.45, 7) is 1.48. The van der Waals surface area contributed by atoms with Crippen molar-refractivity contribution in [1.82, 2.24) is 4.98 Å². The Morgan fingerprint density at radius 3 is 2.59 bits per heavy atom. The molecule has 2 heterocycles. The number of carbonyl (C=O) groups excluding carboxylic acids is 1. The lowest BCUT2D eigenvalue weighted by atomic mass is 10.2. The monoisotopic (exact) mass is 312 g/mol. The summed E-state index contributed by atoms with van der Waals surface area (Å²) in [5.41, 5.74) is 3.92. The van der Waals surface area contributed by atoms with E-state index in [1.165, 1.54) is 4.70 Å². The van der Waals surface area contributed by atoms with Crippen molar-refractivity contribution in [3.8, 4) is 0 Å². The molecule has 112 valence electrons. The smallest absolute Gasteiger partial charge is 0.253 e. The summed E-state index contributed by atoms with van der Waals surface area (Å²) in [4.78, 5) is 17.3. The lowest BCUT2D eigenvalue weighted by molar-refractivity contribution is -0.125. The molecule has 1 aliphatic rings. The SMILES string of the molecule is O=C1COCCN1c1ccccc1.c1ccc2scnc2c1. The average Bonchev–Trinajstić information content (AvgIpc) is 3.05.